The maximum absolute atomic E-state index is 12.9. The standard InChI is InChI=1S/C14H16Cl2F3N3S/c1-3-23-12(20-8-4-5-9(15)10(16)6-8)13(2)7-11(21-22-13)14(17,18)19/h4-6,11,21-22H,3,7H2,1-2H3. The third-order valence-electron chi connectivity index (χ3n) is 3.42. The molecule has 1 aromatic carbocycles. The number of halogens is 5. The molecule has 1 heterocycles. The van der Waals surface area contributed by atoms with Crippen LogP contribution in [0.2, 0.25) is 10.0 Å². The van der Waals surface area contributed by atoms with Gasteiger partial charge in [-0.05, 0) is 37.3 Å². The van der Waals surface area contributed by atoms with Gasteiger partial charge in [-0.2, -0.15) is 13.2 Å². The molecule has 1 aliphatic rings. The maximum Gasteiger partial charge on any atom is 0.405 e. The van der Waals surface area contributed by atoms with Gasteiger partial charge in [-0.1, -0.05) is 30.1 Å². The van der Waals surface area contributed by atoms with Gasteiger partial charge in [-0.15, -0.1) is 11.8 Å². The highest BCUT2D eigenvalue weighted by molar-refractivity contribution is 8.14. The zero-order valence-corrected chi connectivity index (χ0v) is 14.8. The first-order valence-electron chi connectivity index (χ1n) is 6.92. The Morgan fingerprint density at radius 2 is 2.09 bits per heavy atom. The van der Waals surface area contributed by atoms with Crippen LogP contribution < -0.4 is 10.9 Å². The molecule has 1 aromatic rings. The van der Waals surface area contributed by atoms with E-state index in [1.165, 1.54) is 11.8 Å². The monoisotopic (exact) mass is 385 g/mol. The van der Waals surface area contributed by atoms with Crippen LogP contribution in [0.5, 0.6) is 0 Å². The molecule has 2 N–H and O–H groups in total. The second kappa shape index (κ2) is 7.19. The van der Waals surface area contributed by atoms with E-state index in [1.807, 2.05) is 6.92 Å². The van der Waals surface area contributed by atoms with Crippen LogP contribution in [0, 0.1) is 0 Å². The minimum absolute atomic E-state index is 0.135. The summed E-state index contributed by atoms with van der Waals surface area (Å²) in [5.74, 6) is 0.689. The molecule has 2 rings (SSSR count). The highest BCUT2D eigenvalue weighted by Gasteiger charge is 2.50. The van der Waals surface area contributed by atoms with Crippen LogP contribution in [-0.4, -0.2) is 28.6 Å². The summed E-state index contributed by atoms with van der Waals surface area (Å²) in [4.78, 5) is 4.49. The van der Waals surface area contributed by atoms with Crippen molar-refractivity contribution in [2.24, 2.45) is 4.99 Å². The summed E-state index contributed by atoms with van der Waals surface area (Å²) in [7, 11) is 0. The topological polar surface area (TPSA) is 36.4 Å². The van der Waals surface area contributed by atoms with Crippen molar-refractivity contribution in [2.75, 3.05) is 5.75 Å². The van der Waals surface area contributed by atoms with Crippen LogP contribution in [0.25, 0.3) is 0 Å². The fourth-order valence-corrected chi connectivity index (χ4v) is 3.41. The summed E-state index contributed by atoms with van der Waals surface area (Å²) in [5, 5.41) is 1.32. The predicted molar refractivity (Wildman–Crippen MR) is 90.8 cm³/mol. The zero-order valence-electron chi connectivity index (χ0n) is 12.5. The number of rotatable bonds is 3. The Morgan fingerprint density at radius 3 is 2.61 bits per heavy atom. The van der Waals surface area contributed by atoms with Crippen LogP contribution in [0.1, 0.15) is 20.3 Å². The molecule has 23 heavy (non-hydrogen) atoms. The van der Waals surface area contributed by atoms with Crippen molar-refractivity contribution in [1.29, 1.82) is 0 Å². The maximum atomic E-state index is 12.9. The van der Waals surface area contributed by atoms with Crippen molar-refractivity contribution in [3.63, 3.8) is 0 Å². The fraction of sp³-hybridized carbons (Fsp3) is 0.500. The lowest BCUT2D eigenvalue weighted by molar-refractivity contribution is -0.153. The number of nitrogens with one attached hydrogen (secondary N) is 2. The summed E-state index contributed by atoms with van der Waals surface area (Å²) in [6, 6.07) is 3.27. The third-order valence-corrected chi connectivity index (χ3v) is 5.26. The van der Waals surface area contributed by atoms with E-state index in [9.17, 15) is 13.2 Å². The number of benzene rings is 1. The number of thioether (sulfide) groups is 1. The van der Waals surface area contributed by atoms with Gasteiger partial charge in [-0.25, -0.2) is 15.8 Å². The molecule has 0 radical (unpaired) electrons. The van der Waals surface area contributed by atoms with Crippen molar-refractivity contribution in [1.82, 2.24) is 10.9 Å². The van der Waals surface area contributed by atoms with Crippen LogP contribution in [-0.2, 0) is 0 Å². The number of alkyl halides is 3. The van der Waals surface area contributed by atoms with Gasteiger partial charge in [-0.3, -0.25) is 0 Å². The Labute approximate surface area is 147 Å². The van der Waals surface area contributed by atoms with E-state index in [2.05, 4.69) is 15.8 Å². The van der Waals surface area contributed by atoms with E-state index in [1.54, 1.807) is 25.1 Å². The molecule has 1 fully saturated rings. The SMILES string of the molecule is CCSC(=Nc1ccc(Cl)c(Cl)c1)C1(C)CC(C(F)(F)F)NN1. The first-order chi connectivity index (χ1) is 10.7. The second-order valence-electron chi connectivity index (χ2n) is 5.35. The fourth-order valence-electron chi connectivity index (χ4n) is 2.22. The summed E-state index contributed by atoms with van der Waals surface area (Å²) in [5.41, 5.74) is 4.70. The molecule has 1 saturated heterocycles. The summed E-state index contributed by atoms with van der Waals surface area (Å²) in [6.07, 6.45) is -4.44. The Hall–Kier alpha value is -0.470. The molecule has 3 nitrogen and oxygen atoms in total. The molecular formula is C14H16Cl2F3N3S. The quantitative estimate of drug-likeness (QED) is 0.569. The van der Waals surface area contributed by atoms with Gasteiger partial charge in [0.25, 0.3) is 0 Å². The molecule has 2 atom stereocenters. The van der Waals surface area contributed by atoms with Gasteiger partial charge in [0.1, 0.15) is 6.04 Å². The van der Waals surface area contributed by atoms with Gasteiger partial charge in [0.2, 0.25) is 0 Å². The molecule has 0 spiro atoms. The molecule has 0 saturated carbocycles. The molecule has 1 aliphatic heterocycles. The minimum atomic E-state index is -4.31. The molecule has 128 valence electrons. The Bertz CT molecular complexity index is 609. The van der Waals surface area contributed by atoms with Gasteiger partial charge in [0.05, 0.1) is 26.3 Å². The third kappa shape index (κ3) is 4.54. The van der Waals surface area contributed by atoms with Crippen molar-refractivity contribution in [3.8, 4) is 0 Å². The molecule has 0 amide bonds. The lowest BCUT2D eigenvalue weighted by Gasteiger charge is -2.25. The zero-order chi connectivity index (χ0) is 17.3. The Balaban J connectivity index is 2.30. The van der Waals surface area contributed by atoms with Gasteiger partial charge in [0.15, 0.2) is 0 Å². The van der Waals surface area contributed by atoms with E-state index < -0.39 is 17.8 Å². The Morgan fingerprint density at radius 1 is 1.39 bits per heavy atom. The highest BCUT2D eigenvalue weighted by atomic mass is 35.5. The van der Waals surface area contributed by atoms with E-state index in [0.717, 1.165) is 0 Å². The van der Waals surface area contributed by atoms with E-state index in [-0.39, 0.29) is 6.42 Å². The number of nitrogens with zero attached hydrogens (tertiary/aromatic N) is 1. The first-order valence-corrected chi connectivity index (χ1v) is 8.66. The van der Waals surface area contributed by atoms with E-state index >= 15 is 0 Å². The average Bonchev–Trinajstić information content (AvgIpc) is 2.86. The molecule has 0 bridgehead atoms. The van der Waals surface area contributed by atoms with Gasteiger partial charge < -0.3 is 0 Å². The summed E-state index contributed by atoms with van der Waals surface area (Å²) >= 11 is 13.2. The molecule has 9 heteroatoms. The van der Waals surface area contributed by atoms with Crippen LogP contribution in [0.15, 0.2) is 23.2 Å². The van der Waals surface area contributed by atoms with Crippen LogP contribution in [0.4, 0.5) is 18.9 Å². The summed E-state index contributed by atoms with van der Waals surface area (Å²) in [6.45, 7) is 3.62. The summed E-state index contributed by atoms with van der Waals surface area (Å²) < 4.78 is 38.7. The lowest BCUT2D eigenvalue weighted by Crippen LogP contribution is -2.47. The highest BCUT2D eigenvalue weighted by Crippen LogP contribution is 2.35. The molecular weight excluding hydrogens is 370 g/mol. The van der Waals surface area contributed by atoms with Crippen molar-refractivity contribution in [2.45, 2.75) is 38.0 Å². The first kappa shape index (κ1) is 18.9. The van der Waals surface area contributed by atoms with Crippen LogP contribution in [0.3, 0.4) is 0 Å². The second-order valence-corrected chi connectivity index (χ2v) is 7.42. The lowest BCUT2D eigenvalue weighted by atomic mass is 9.97. The normalized spacial score (nSPS) is 25.9. The minimum Gasteiger partial charge on any atom is -0.245 e. The predicted octanol–water partition coefficient (Wildman–Crippen LogP) is 4.96. The van der Waals surface area contributed by atoms with Crippen molar-refractivity contribution >= 4 is 45.7 Å². The molecule has 0 aromatic heterocycles. The van der Waals surface area contributed by atoms with E-state index in [0.29, 0.717) is 26.5 Å². The van der Waals surface area contributed by atoms with Crippen molar-refractivity contribution < 1.29 is 13.2 Å². The number of hydrogen-bond acceptors (Lipinski definition) is 4. The average molecular weight is 386 g/mol. The Kier molecular flexibility index (Phi) is 5.90. The molecule has 2 unspecified atom stereocenters. The van der Waals surface area contributed by atoms with Gasteiger partial charge in [0, 0.05) is 0 Å². The van der Waals surface area contributed by atoms with Gasteiger partial charge >= 0.3 is 6.18 Å². The van der Waals surface area contributed by atoms with E-state index in [4.69, 9.17) is 23.2 Å². The van der Waals surface area contributed by atoms with Crippen LogP contribution >= 0.6 is 35.0 Å². The number of hydrogen-bond donors (Lipinski definition) is 2. The smallest absolute Gasteiger partial charge is 0.245 e. The number of aliphatic imine (C=N–C) groups is 1. The largest absolute Gasteiger partial charge is 0.405 e. The number of hydrazine groups is 1. The van der Waals surface area contributed by atoms with Crippen molar-refractivity contribution in [3.05, 3.63) is 28.2 Å². The molecule has 0 aliphatic carbocycles.